The van der Waals surface area contributed by atoms with Crippen molar-refractivity contribution < 1.29 is 14.0 Å². The van der Waals surface area contributed by atoms with Gasteiger partial charge in [0, 0.05) is 38.3 Å². The van der Waals surface area contributed by atoms with Crippen molar-refractivity contribution in [2.24, 2.45) is 0 Å². The SMILES string of the molecule is CCn1c(N)c(C(=O)NC)c(=O)c2ccc(-c3ccc(CC(=O)NC[C@H]4CCCN4CCF)cc3)nc21. The lowest BCUT2D eigenvalue weighted by Gasteiger charge is -2.23. The van der Waals surface area contributed by atoms with Crippen LogP contribution >= 0.6 is 0 Å². The summed E-state index contributed by atoms with van der Waals surface area (Å²) >= 11 is 0. The summed E-state index contributed by atoms with van der Waals surface area (Å²) in [6, 6.07) is 11.1. The smallest absolute Gasteiger partial charge is 0.258 e. The van der Waals surface area contributed by atoms with Crippen molar-refractivity contribution in [3.63, 3.8) is 0 Å². The highest BCUT2D eigenvalue weighted by molar-refractivity contribution is 6.01. The van der Waals surface area contributed by atoms with Crippen molar-refractivity contribution in [3.8, 4) is 11.3 Å². The average Bonchev–Trinajstić information content (AvgIpc) is 3.35. The molecule has 1 aliphatic heterocycles. The van der Waals surface area contributed by atoms with Crippen molar-refractivity contribution in [3.05, 3.63) is 57.7 Å². The van der Waals surface area contributed by atoms with Crippen molar-refractivity contribution in [2.45, 2.75) is 38.8 Å². The van der Waals surface area contributed by atoms with Gasteiger partial charge in [0.15, 0.2) is 0 Å². The number of anilines is 1. The van der Waals surface area contributed by atoms with Gasteiger partial charge in [0.1, 0.15) is 23.7 Å². The summed E-state index contributed by atoms with van der Waals surface area (Å²) in [6.45, 7) is 3.76. The summed E-state index contributed by atoms with van der Waals surface area (Å²) in [5, 5.41) is 5.77. The number of aryl methyl sites for hydroxylation is 1. The molecule has 0 aliphatic carbocycles. The van der Waals surface area contributed by atoms with Crippen LogP contribution in [0, 0.1) is 0 Å². The number of nitrogens with one attached hydrogen (secondary N) is 2. The van der Waals surface area contributed by atoms with Crippen LogP contribution in [0.2, 0.25) is 0 Å². The lowest BCUT2D eigenvalue weighted by atomic mass is 10.0. The molecule has 3 aromatic rings. The van der Waals surface area contributed by atoms with E-state index in [1.807, 2.05) is 31.2 Å². The van der Waals surface area contributed by atoms with Crippen LogP contribution in [0.1, 0.15) is 35.7 Å². The molecule has 1 atom stereocenters. The highest BCUT2D eigenvalue weighted by Gasteiger charge is 2.24. The van der Waals surface area contributed by atoms with Gasteiger partial charge in [-0.05, 0) is 44.0 Å². The quantitative estimate of drug-likeness (QED) is 0.407. The van der Waals surface area contributed by atoms with Gasteiger partial charge in [0.05, 0.1) is 17.5 Å². The first-order chi connectivity index (χ1) is 17.9. The van der Waals surface area contributed by atoms with Gasteiger partial charge in [-0.1, -0.05) is 24.3 Å². The number of pyridine rings is 2. The number of hydrogen-bond donors (Lipinski definition) is 3. The Hall–Kier alpha value is -3.79. The minimum Gasteiger partial charge on any atom is -0.384 e. The second kappa shape index (κ2) is 11.5. The molecule has 2 amide bonds. The lowest BCUT2D eigenvalue weighted by Crippen LogP contribution is -2.41. The maximum atomic E-state index is 12.9. The molecule has 196 valence electrons. The van der Waals surface area contributed by atoms with Crippen molar-refractivity contribution >= 4 is 28.7 Å². The molecule has 0 spiro atoms. The molecule has 3 heterocycles. The van der Waals surface area contributed by atoms with Crippen LogP contribution in [0.3, 0.4) is 0 Å². The number of hydrogen-bond acceptors (Lipinski definition) is 6. The zero-order valence-corrected chi connectivity index (χ0v) is 21.2. The molecule has 0 radical (unpaired) electrons. The number of amides is 2. The summed E-state index contributed by atoms with van der Waals surface area (Å²) in [4.78, 5) is 44.5. The van der Waals surface area contributed by atoms with Gasteiger partial charge in [0.2, 0.25) is 11.3 Å². The number of alkyl halides is 1. The Morgan fingerprint density at radius 3 is 2.62 bits per heavy atom. The molecule has 4 N–H and O–H groups in total. The van der Waals surface area contributed by atoms with E-state index in [4.69, 9.17) is 10.7 Å². The Balaban J connectivity index is 1.50. The maximum absolute atomic E-state index is 12.9. The topological polar surface area (TPSA) is 122 Å². The molecule has 1 saturated heterocycles. The van der Waals surface area contributed by atoms with Gasteiger partial charge in [-0.15, -0.1) is 0 Å². The minimum absolute atomic E-state index is 0.0713. The highest BCUT2D eigenvalue weighted by Crippen LogP contribution is 2.23. The molecule has 0 saturated carbocycles. The summed E-state index contributed by atoms with van der Waals surface area (Å²) in [6.07, 6.45) is 2.24. The van der Waals surface area contributed by atoms with Crippen LogP contribution in [0.4, 0.5) is 10.2 Å². The minimum atomic E-state index is -0.532. The average molecular weight is 509 g/mol. The van der Waals surface area contributed by atoms with Crippen LogP contribution in [0.15, 0.2) is 41.2 Å². The van der Waals surface area contributed by atoms with E-state index < -0.39 is 11.3 Å². The number of fused-ring (bicyclic) bond motifs is 1. The number of rotatable bonds is 9. The number of halogens is 1. The Morgan fingerprint density at radius 2 is 1.95 bits per heavy atom. The van der Waals surface area contributed by atoms with E-state index >= 15 is 0 Å². The lowest BCUT2D eigenvalue weighted by molar-refractivity contribution is -0.120. The molecule has 37 heavy (non-hydrogen) atoms. The monoisotopic (exact) mass is 508 g/mol. The van der Waals surface area contributed by atoms with Gasteiger partial charge in [0.25, 0.3) is 5.91 Å². The predicted octanol–water partition coefficient (Wildman–Crippen LogP) is 2.12. The molecule has 1 fully saturated rings. The molecule has 1 aliphatic rings. The normalized spacial score (nSPS) is 15.7. The number of carbonyl (C=O) groups is 2. The van der Waals surface area contributed by atoms with E-state index in [9.17, 15) is 18.8 Å². The van der Waals surface area contributed by atoms with Gasteiger partial charge >= 0.3 is 0 Å². The Morgan fingerprint density at radius 1 is 1.19 bits per heavy atom. The summed E-state index contributed by atoms with van der Waals surface area (Å²) < 4.78 is 14.4. The van der Waals surface area contributed by atoms with E-state index in [0.29, 0.717) is 36.4 Å². The highest BCUT2D eigenvalue weighted by atomic mass is 19.1. The fourth-order valence-electron chi connectivity index (χ4n) is 4.96. The Labute approximate surface area is 214 Å². The van der Waals surface area contributed by atoms with E-state index in [2.05, 4.69) is 15.5 Å². The second-order valence-electron chi connectivity index (χ2n) is 9.18. The van der Waals surface area contributed by atoms with Gasteiger partial charge in [-0.3, -0.25) is 19.3 Å². The molecular weight excluding hydrogens is 475 g/mol. The van der Waals surface area contributed by atoms with E-state index in [1.54, 1.807) is 16.7 Å². The van der Waals surface area contributed by atoms with Crippen LogP contribution < -0.4 is 21.8 Å². The molecule has 0 unspecified atom stereocenters. The summed E-state index contributed by atoms with van der Waals surface area (Å²) in [7, 11) is 1.45. The van der Waals surface area contributed by atoms with Crippen molar-refractivity contribution in [1.29, 1.82) is 0 Å². The number of nitrogen functional groups attached to an aromatic ring is 1. The maximum Gasteiger partial charge on any atom is 0.258 e. The molecule has 2 aromatic heterocycles. The fourth-order valence-corrected chi connectivity index (χ4v) is 4.96. The second-order valence-corrected chi connectivity index (χ2v) is 9.18. The number of likely N-dealkylation sites (tertiary alicyclic amines) is 1. The molecule has 0 bridgehead atoms. The largest absolute Gasteiger partial charge is 0.384 e. The van der Waals surface area contributed by atoms with E-state index in [1.165, 1.54) is 7.05 Å². The number of nitrogens with two attached hydrogens (primary N) is 1. The van der Waals surface area contributed by atoms with Crippen LogP contribution in [0.25, 0.3) is 22.3 Å². The number of carbonyl (C=O) groups excluding carboxylic acids is 2. The van der Waals surface area contributed by atoms with E-state index in [0.717, 1.165) is 30.5 Å². The van der Waals surface area contributed by atoms with Gasteiger partial charge in [-0.25, -0.2) is 9.37 Å². The standard InChI is InChI=1S/C27H33FN6O3/c1-3-34-25(29)23(27(37)30-2)24(36)20-10-11-21(32-26(20)34)18-8-6-17(7-9-18)15-22(35)31-16-19-5-4-13-33(19)14-12-28/h6-11,19H,3-5,12-16,29H2,1-2H3,(H,30,37)(H,31,35)/t19-/m1/s1. The predicted molar refractivity (Wildman–Crippen MR) is 142 cm³/mol. The molecule has 10 heteroatoms. The molecule has 1 aromatic carbocycles. The number of aromatic nitrogens is 2. The Kier molecular flexibility index (Phi) is 8.17. The third kappa shape index (κ3) is 5.48. The molecule has 9 nitrogen and oxygen atoms in total. The first kappa shape index (κ1) is 26.3. The van der Waals surface area contributed by atoms with Gasteiger partial charge < -0.3 is 20.9 Å². The summed E-state index contributed by atoms with van der Waals surface area (Å²) in [5.41, 5.74) is 8.38. The van der Waals surface area contributed by atoms with Crippen LogP contribution in [-0.2, 0) is 17.8 Å². The Bertz CT molecular complexity index is 1350. The number of benzene rings is 1. The fraction of sp³-hybridized carbons (Fsp3) is 0.407. The van der Waals surface area contributed by atoms with Crippen molar-refractivity contribution in [2.75, 3.05) is 39.1 Å². The van der Waals surface area contributed by atoms with Crippen LogP contribution in [-0.4, -0.2) is 65.7 Å². The van der Waals surface area contributed by atoms with Gasteiger partial charge in [-0.2, -0.15) is 0 Å². The third-order valence-electron chi connectivity index (χ3n) is 6.94. The van der Waals surface area contributed by atoms with Crippen molar-refractivity contribution in [1.82, 2.24) is 25.1 Å². The zero-order valence-electron chi connectivity index (χ0n) is 21.2. The third-order valence-corrected chi connectivity index (χ3v) is 6.94. The van der Waals surface area contributed by atoms with E-state index in [-0.39, 0.29) is 36.4 Å². The molecule has 4 rings (SSSR count). The van der Waals surface area contributed by atoms with Crippen LogP contribution in [0.5, 0.6) is 0 Å². The zero-order chi connectivity index (χ0) is 26.5. The first-order valence-corrected chi connectivity index (χ1v) is 12.6. The summed E-state index contributed by atoms with van der Waals surface area (Å²) in [5.74, 6) is -0.524. The first-order valence-electron chi connectivity index (χ1n) is 12.6. The molecular formula is C27H33FN6O3. The number of nitrogens with zero attached hydrogens (tertiary/aromatic N) is 3.